The van der Waals surface area contributed by atoms with Gasteiger partial charge >= 0.3 is 0 Å². The van der Waals surface area contributed by atoms with Crippen LogP contribution in [-0.4, -0.2) is 31.3 Å². The minimum Gasteiger partial charge on any atom is -0.497 e. The summed E-state index contributed by atoms with van der Waals surface area (Å²) in [6.07, 6.45) is 2.74. The molecule has 1 atom stereocenters. The monoisotopic (exact) mass is 341 g/mol. The Bertz CT molecular complexity index is 625. The second-order valence-electron chi connectivity index (χ2n) is 6.11. The molecule has 134 valence electrons. The van der Waals surface area contributed by atoms with Crippen molar-refractivity contribution in [1.82, 2.24) is 5.32 Å². The summed E-state index contributed by atoms with van der Waals surface area (Å²) in [6, 6.07) is 17.9. The SMILES string of the molecule is COc1ccc(CCC(=O)NCCC(CCO)c2ccccc2)cc1. The van der Waals surface area contributed by atoms with Crippen LogP contribution in [0.3, 0.4) is 0 Å². The zero-order valence-corrected chi connectivity index (χ0v) is 14.8. The Labute approximate surface area is 149 Å². The number of hydrogen-bond acceptors (Lipinski definition) is 3. The van der Waals surface area contributed by atoms with E-state index in [1.165, 1.54) is 5.56 Å². The summed E-state index contributed by atoms with van der Waals surface area (Å²) in [6.45, 7) is 0.784. The molecule has 2 rings (SSSR count). The molecule has 1 amide bonds. The third-order valence-electron chi connectivity index (χ3n) is 4.36. The Morgan fingerprint density at radius 1 is 1.08 bits per heavy atom. The maximum absolute atomic E-state index is 12.0. The van der Waals surface area contributed by atoms with Crippen LogP contribution in [0.5, 0.6) is 5.75 Å². The lowest BCUT2D eigenvalue weighted by Crippen LogP contribution is -2.26. The van der Waals surface area contributed by atoms with Gasteiger partial charge in [-0.3, -0.25) is 4.79 Å². The standard InChI is InChI=1S/C21H27NO3/c1-25-20-10-7-17(8-11-20)9-12-21(24)22-15-13-19(14-16-23)18-5-3-2-4-6-18/h2-8,10-11,19,23H,9,12-16H2,1H3,(H,22,24). The van der Waals surface area contributed by atoms with Crippen LogP contribution in [0.15, 0.2) is 54.6 Å². The van der Waals surface area contributed by atoms with Crippen molar-refractivity contribution in [3.05, 3.63) is 65.7 Å². The molecule has 0 aliphatic carbocycles. The lowest BCUT2D eigenvalue weighted by Gasteiger charge is -2.16. The normalized spacial score (nSPS) is 11.8. The zero-order chi connectivity index (χ0) is 17.9. The lowest BCUT2D eigenvalue weighted by atomic mass is 9.93. The molecular formula is C21H27NO3. The number of carbonyl (C=O) groups is 1. The van der Waals surface area contributed by atoms with Crippen molar-refractivity contribution in [2.45, 2.75) is 31.6 Å². The van der Waals surface area contributed by atoms with Gasteiger partial charge in [0.25, 0.3) is 0 Å². The van der Waals surface area contributed by atoms with E-state index in [1.54, 1.807) is 7.11 Å². The van der Waals surface area contributed by atoms with Gasteiger partial charge in [-0.05, 0) is 48.4 Å². The predicted molar refractivity (Wildman–Crippen MR) is 99.8 cm³/mol. The molecule has 0 aromatic heterocycles. The van der Waals surface area contributed by atoms with E-state index in [-0.39, 0.29) is 18.4 Å². The van der Waals surface area contributed by atoms with E-state index in [0.29, 0.717) is 25.8 Å². The maximum atomic E-state index is 12.0. The number of aliphatic hydroxyl groups excluding tert-OH is 1. The summed E-state index contributed by atoms with van der Waals surface area (Å²) in [5.41, 5.74) is 2.34. The quantitative estimate of drug-likeness (QED) is 0.697. The molecule has 4 nitrogen and oxygen atoms in total. The van der Waals surface area contributed by atoms with E-state index in [2.05, 4.69) is 17.4 Å². The lowest BCUT2D eigenvalue weighted by molar-refractivity contribution is -0.121. The highest BCUT2D eigenvalue weighted by molar-refractivity contribution is 5.76. The van der Waals surface area contributed by atoms with Crippen LogP contribution in [0.2, 0.25) is 0 Å². The number of ether oxygens (including phenoxy) is 1. The molecule has 0 saturated carbocycles. The van der Waals surface area contributed by atoms with Crippen LogP contribution in [0, 0.1) is 0 Å². The van der Waals surface area contributed by atoms with Crippen LogP contribution in [0.25, 0.3) is 0 Å². The van der Waals surface area contributed by atoms with E-state index in [0.717, 1.165) is 17.7 Å². The largest absolute Gasteiger partial charge is 0.497 e. The molecule has 0 aliphatic heterocycles. The van der Waals surface area contributed by atoms with Crippen molar-refractivity contribution in [3.63, 3.8) is 0 Å². The summed E-state index contributed by atoms with van der Waals surface area (Å²) in [5.74, 6) is 1.16. The van der Waals surface area contributed by atoms with Crippen molar-refractivity contribution in [3.8, 4) is 5.75 Å². The third kappa shape index (κ3) is 6.59. The molecule has 0 fully saturated rings. The number of methoxy groups -OCH3 is 1. The van der Waals surface area contributed by atoms with Crippen LogP contribution in [0.4, 0.5) is 0 Å². The highest BCUT2D eigenvalue weighted by atomic mass is 16.5. The molecule has 0 bridgehead atoms. The van der Waals surface area contributed by atoms with Gasteiger partial charge in [-0.2, -0.15) is 0 Å². The van der Waals surface area contributed by atoms with Crippen LogP contribution in [-0.2, 0) is 11.2 Å². The second-order valence-corrected chi connectivity index (χ2v) is 6.11. The number of nitrogens with one attached hydrogen (secondary N) is 1. The number of aliphatic hydroxyl groups is 1. The second kappa shape index (κ2) is 10.5. The Morgan fingerprint density at radius 2 is 1.80 bits per heavy atom. The number of hydrogen-bond donors (Lipinski definition) is 2. The average Bonchev–Trinajstić information content (AvgIpc) is 2.67. The Kier molecular flexibility index (Phi) is 7.99. The Morgan fingerprint density at radius 3 is 2.44 bits per heavy atom. The van der Waals surface area contributed by atoms with E-state index in [1.807, 2.05) is 42.5 Å². The van der Waals surface area contributed by atoms with Crippen molar-refractivity contribution in [2.24, 2.45) is 0 Å². The summed E-state index contributed by atoms with van der Waals surface area (Å²) < 4.78 is 5.13. The van der Waals surface area contributed by atoms with Crippen molar-refractivity contribution < 1.29 is 14.6 Å². The van der Waals surface area contributed by atoms with Crippen LogP contribution in [0.1, 0.15) is 36.3 Å². The smallest absolute Gasteiger partial charge is 0.220 e. The molecule has 1 unspecified atom stereocenters. The Hall–Kier alpha value is -2.33. The molecular weight excluding hydrogens is 314 g/mol. The zero-order valence-electron chi connectivity index (χ0n) is 14.8. The van der Waals surface area contributed by atoms with Crippen molar-refractivity contribution in [2.75, 3.05) is 20.3 Å². The van der Waals surface area contributed by atoms with Crippen LogP contribution < -0.4 is 10.1 Å². The van der Waals surface area contributed by atoms with E-state index >= 15 is 0 Å². The summed E-state index contributed by atoms with van der Waals surface area (Å²) in [7, 11) is 1.64. The first-order chi connectivity index (χ1) is 12.2. The van der Waals surface area contributed by atoms with Gasteiger partial charge in [0, 0.05) is 19.6 Å². The fourth-order valence-corrected chi connectivity index (χ4v) is 2.88. The van der Waals surface area contributed by atoms with Crippen molar-refractivity contribution in [1.29, 1.82) is 0 Å². The number of benzene rings is 2. The molecule has 0 heterocycles. The highest BCUT2D eigenvalue weighted by Crippen LogP contribution is 2.22. The molecule has 25 heavy (non-hydrogen) atoms. The Balaban J connectivity index is 1.73. The molecule has 0 aliphatic rings. The van der Waals surface area contributed by atoms with E-state index in [4.69, 9.17) is 4.74 Å². The van der Waals surface area contributed by atoms with Gasteiger partial charge in [0.05, 0.1) is 7.11 Å². The van der Waals surface area contributed by atoms with Gasteiger partial charge in [-0.1, -0.05) is 42.5 Å². The molecule has 2 N–H and O–H groups in total. The van der Waals surface area contributed by atoms with Gasteiger partial charge in [0.1, 0.15) is 5.75 Å². The predicted octanol–water partition coefficient (Wildman–Crippen LogP) is 3.30. The summed E-state index contributed by atoms with van der Waals surface area (Å²) in [5, 5.41) is 12.2. The third-order valence-corrected chi connectivity index (χ3v) is 4.36. The molecule has 0 spiro atoms. The van der Waals surface area contributed by atoms with Gasteiger partial charge in [-0.25, -0.2) is 0 Å². The van der Waals surface area contributed by atoms with E-state index < -0.39 is 0 Å². The molecule has 2 aromatic carbocycles. The fourth-order valence-electron chi connectivity index (χ4n) is 2.88. The van der Waals surface area contributed by atoms with Gasteiger partial charge < -0.3 is 15.2 Å². The number of carbonyl (C=O) groups excluding carboxylic acids is 1. The number of aryl methyl sites for hydroxylation is 1. The molecule has 0 radical (unpaired) electrons. The molecule has 4 heteroatoms. The fraction of sp³-hybridized carbons (Fsp3) is 0.381. The van der Waals surface area contributed by atoms with E-state index in [9.17, 15) is 9.90 Å². The molecule has 2 aromatic rings. The summed E-state index contributed by atoms with van der Waals surface area (Å²) in [4.78, 5) is 12.0. The van der Waals surface area contributed by atoms with Crippen molar-refractivity contribution >= 4 is 5.91 Å². The average molecular weight is 341 g/mol. The first-order valence-electron chi connectivity index (χ1n) is 8.78. The van der Waals surface area contributed by atoms with Gasteiger partial charge in [0.2, 0.25) is 5.91 Å². The van der Waals surface area contributed by atoms with Gasteiger partial charge in [-0.15, -0.1) is 0 Å². The highest BCUT2D eigenvalue weighted by Gasteiger charge is 2.11. The molecule has 0 saturated heterocycles. The first-order valence-corrected chi connectivity index (χ1v) is 8.78. The minimum absolute atomic E-state index is 0.0617. The minimum atomic E-state index is 0.0617. The topological polar surface area (TPSA) is 58.6 Å². The number of rotatable bonds is 10. The maximum Gasteiger partial charge on any atom is 0.220 e. The van der Waals surface area contributed by atoms with Crippen LogP contribution >= 0.6 is 0 Å². The summed E-state index contributed by atoms with van der Waals surface area (Å²) >= 11 is 0. The van der Waals surface area contributed by atoms with Gasteiger partial charge in [0.15, 0.2) is 0 Å². The first kappa shape index (κ1) is 19.0. The number of amides is 1.